The zero-order valence-electron chi connectivity index (χ0n) is 14.7. The van der Waals surface area contributed by atoms with E-state index in [4.69, 9.17) is 4.74 Å². The number of pyridine rings is 1. The van der Waals surface area contributed by atoms with Crippen LogP contribution in [0.25, 0.3) is 0 Å². The SMILES string of the molecule is O=C(c1ccc(OC2CCSC2)nc1)N1CCCN(C2CCC2)CC1. The van der Waals surface area contributed by atoms with Gasteiger partial charge >= 0.3 is 0 Å². The maximum Gasteiger partial charge on any atom is 0.255 e. The summed E-state index contributed by atoms with van der Waals surface area (Å²) in [4.78, 5) is 21.7. The highest BCUT2D eigenvalue weighted by molar-refractivity contribution is 7.99. The summed E-state index contributed by atoms with van der Waals surface area (Å²) in [5, 5.41) is 0. The Hall–Kier alpha value is -1.27. The van der Waals surface area contributed by atoms with Crippen LogP contribution in [0.3, 0.4) is 0 Å². The van der Waals surface area contributed by atoms with Crippen molar-refractivity contribution < 1.29 is 9.53 Å². The van der Waals surface area contributed by atoms with E-state index in [9.17, 15) is 4.79 Å². The van der Waals surface area contributed by atoms with E-state index in [0.29, 0.717) is 11.4 Å². The smallest absolute Gasteiger partial charge is 0.255 e. The summed E-state index contributed by atoms with van der Waals surface area (Å²) in [6.45, 7) is 3.80. The molecule has 1 aliphatic carbocycles. The summed E-state index contributed by atoms with van der Waals surface area (Å²) in [7, 11) is 0. The van der Waals surface area contributed by atoms with Crippen molar-refractivity contribution in [2.45, 2.75) is 44.2 Å². The molecular formula is C19H27N3O2S. The minimum atomic E-state index is 0.103. The highest BCUT2D eigenvalue weighted by atomic mass is 32.2. The highest BCUT2D eigenvalue weighted by Gasteiger charge is 2.28. The molecule has 25 heavy (non-hydrogen) atoms. The van der Waals surface area contributed by atoms with Gasteiger partial charge in [0.1, 0.15) is 6.10 Å². The summed E-state index contributed by atoms with van der Waals surface area (Å²) in [6, 6.07) is 4.47. The van der Waals surface area contributed by atoms with Crippen LogP contribution in [0.15, 0.2) is 18.3 Å². The van der Waals surface area contributed by atoms with Crippen molar-refractivity contribution >= 4 is 17.7 Å². The molecule has 3 heterocycles. The molecule has 5 nitrogen and oxygen atoms in total. The van der Waals surface area contributed by atoms with E-state index in [0.717, 1.165) is 56.6 Å². The summed E-state index contributed by atoms with van der Waals surface area (Å²) in [5.41, 5.74) is 0.672. The second-order valence-corrected chi connectivity index (χ2v) is 8.40. The van der Waals surface area contributed by atoms with Gasteiger partial charge in [-0.25, -0.2) is 4.98 Å². The largest absolute Gasteiger partial charge is 0.473 e. The van der Waals surface area contributed by atoms with E-state index in [2.05, 4.69) is 9.88 Å². The Balaban J connectivity index is 1.33. The Morgan fingerprint density at radius 1 is 1.12 bits per heavy atom. The second kappa shape index (κ2) is 7.96. The fraction of sp³-hybridized carbons (Fsp3) is 0.684. The van der Waals surface area contributed by atoms with Crippen molar-refractivity contribution in [2.75, 3.05) is 37.7 Å². The third-order valence-electron chi connectivity index (χ3n) is 5.57. The first kappa shape index (κ1) is 17.2. The Labute approximate surface area is 154 Å². The molecule has 0 spiro atoms. The monoisotopic (exact) mass is 361 g/mol. The summed E-state index contributed by atoms with van der Waals surface area (Å²) in [6.07, 6.45) is 8.12. The molecule has 2 aliphatic heterocycles. The van der Waals surface area contributed by atoms with Crippen molar-refractivity contribution in [1.82, 2.24) is 14.8 Å². The molecule has 1 amide bonds. The molecule has 1 aromatic heterocycles. The first-order valence-electron chi connectivity index (χ1n) is 9.53. The van der Waals surface area contributed by atoms with E-state index in [-0.39, 0.29) is 12.0 Å². The molecule has 0 bridgehead atoms. The zero-order valence-corrected chi connectivity index (χ0v) is 15.5. The zero-order chi connectivity index (χ0) is 17.1. The molecule has 0 N–H and O–H groups in total. The minimum Gasteiger partial charge on any atom is -0.473 e. The number of aromatic nitrogens is 1. The minimum absolute atomic E-state index is 0.103. The fourth-order valence-corrected chi connectivity index (χ4v) is 4.89. The molecule has 6 heteroatoms. The highest BCUT2D eigenvalue weighted by Crippen LogP contribution is 2.26. The Bertz CT molecular complexity index is 585. The van der Waals surface area contributed by atoms with Crippen molar-refractivity contribution in [3.63, 3.8) is 0 Å². The molecule has 0 aromatic carbocycles. The second-order valence-electron chi connectivity index (χ2n) is 7.26. The van der Waals surface area contributed by atoms with Gasteiger partial charge in [-0.05, 0) is 37.5 Å². The molecule has 0 radical (unpaired) electrons. The van der Waals surface area contributed by atoms with Gasteiger partial charge in [0.25, 0.3) is 5.91 Å². The quantitative estimate of drug-likeness (QED) is 0.825. The molecule has 136 valence electrons. The third kappa shape index (κ3) is 4.11. The van der Waals surface area contributed by atoms with Crippen molar-refractivity contribution in [3.8, 4) is 5.88 Å². The lowest BCUT2D eigenvalue weighted by Crippen LogP contribution is -2.42. The molecule has 1 aromatic rings. The number of ether oxygens (including phenoxy) is 1. The van der Waals surface area contributed by atoms with Crippen molar-refractivity contribution in [3.05, 3.63) is 23.9 Å². The van der Waals surface area contributed by atoms with Crippen LogP contribution in [0, 0.1) is 0 Å². The van der Waals surface area contributed by atoms with Gasteiger partial charge in [0.15, 0.2) is 0 Å². The molecule has 3 aliphatic rings. The number of thioether (sulfide) groups is 1. The van der Waals surface area contributed by atoms with Crippen molar-refractivity contribution in [1.29, 1.82) is 0 Å². The van der Waals surface area contributed by atoms with Crippen LogP contribution in [0.4, 0.5) is 0 Å². The van der Waals surface area contributed by atoms with E-state index in [1.54, 1.807) is 6.20 Å². The van der Waals surface area contributed by atoms with Crippen LogP contribution in [0.1, 0.15) is 42.5 Å². The standard InChI is InChI=1S/C19H27N3O2S/c23-19(22-9-2-8-21(10-11-22)16-3-1-4-16)15-5-6-18(20-13-15)24-17-7-12-25-14-17/h5-6,13,16-17H,1-4,7-12,14H2. The number of carbonyl (C=O) groups excluding carboxylic acids is 1. The predicted octanol–water partition coefficient (Wildman–Crippen LogP) is 2.67. The van der Waals surface area contributed by atoms with Gasteiger partial charge in [-0.2, -0.15) is 11.8 Å². The predicted molar refractivity (Wildman–Crippen MR) is 100 cm³/mol. The van der Waals surface area contributed by atoms with Crippen LogP contribution in [0.5, 0.6) is 5.88 Å². The number of nitrogens with zero attached hydrogens (tertiary/aromatic N) is 3. The molecule has 1 unspecified atom stereocenters. The number of hydrogen-bond donors (Lipinski definition) is 0. The molecular weight excluding hydrogens is 334 g/mol. The third-order valence-corrected chi connectivity index (χ3v) is 6.70. The van der Waals surface area contributed by atoms with Gasteiger partial charge in [0.2, 0.25) is 5.88 Å². The molecule has 1 atom stereocenters. The fourth-order valence-electron chi connectivity index (χ4n) is 3.79. The Morgan fingerprint density at radius 2 is 2.04 bits per heavy atom. The number of rotatable bonds is 4. The molecule has 1 saturated carbocycles. The van der Waals surface area contributed by atoms with E-state index >= 15 is 0 Å². The van der Waals surface area contributed by atoms with Crippen LogP contribution in [-0.2, 0) is 0 Å². The topological polar surface area (TPSA) is 45.7 Å². The first-order chi connectivity index (χ1) is 12.3. The average molecular weight is 362 g/mol. The van der Waals surface area contributed by atoms with Gasteiger partial charge < -0.3 is 9.64 Å². The lowest BCUT2D eigenvalue weighted by molar-refractivity contribution is 0.0749. The van der Waals surface area contributed by atoms with Crippen LogP contribution in [-0.4, -0.2) is 70.5 Å². The van der Waals surface area contributed by atoms with E-state index in [1.807, 2.05) is 28.8 Å². The number of carbonyl (C=O) groups is 1. The van der Waals surface area contributed by atoms with Gasteiger partial charge in [-0.1, -0.05) is 6.42 Å². The number of hydrogen-bond acceptors (Lipinski definition) is 5. The molecule has 2 saturated heterocycles. The lowest BCUT2D eigenvalue weighted by atomic mass is 9.91. The summed E-state index contributed by atoms with van der Waals surface area (Å²) >= 11 is 1.92. The normalized spacial score (nSPS) is 25.4. The van der Waals surface area contributed by atoms with Gasteiger partial charge in [-0.3, -0.25) is 9.69 Å². The molecule has 3 fully saturated rings. The van der Waals surface area contributed by atoms with Crippen molar-refractivity contribution in [2.24, 2.45) is 0 Å². The summed E-state index contributed by atoms with van der Waals surface area (Å²) < 4.78 is 5.87. The summed E-state index contributed by atoms with van der Waals surface area (Å²) in [5.74, 6) is 2.93. The van der Waals surface area contributed by atoms with E-state index < -0.39 is 0 Å². The van der Waals surface area contributed by atoms with Crippen LogP contribution < -0.4 is 4.74 Å². The van der Waals surface area contributed by atoms with Gasteiger partial charge in [-0.15, -0.1) is 0 Å². The Kier molecular flexibility index (Phi) is 5.46. The average Bonchev–Trinajstić information content (AvgIpc) is 2.97. The maximum atomic E-state index is 12.8. The van der Waals surface area contributed by atoms with Crippen LogP contribution >= 0.6 is 11.8 Å². The van der Waals surface area contributed by atoms with E-state index in [1.165, 1.54) is 19.3 Å². The molecule has 4 rings (SSSR count). The lowest BCUT2D eigenvalue weighted by Gasteiger charge is -2.36. The van der Waals surface area contributed by atoms with Crippen LogP contribution in [0.2, 0.25) is 0 Å². The van der Waals surface area contributed by atoms with Gasteiger partial charge in [0, 0.05) is 50.2 Å². The van der Waals surface area contributed by atoms with Gasteiger partial charge in [0.05, 0.1) is 5.56 Å². The first-order valence-corrected chi connectivity index (χ1v) is 10.7. The maximum absolute atomic E-state index is 12.8. The number of amides is 1. The Morgan fingerprint density at radius 3 is 2.72 bits per heavy atom.